The van der Waals surface area contributed by atoms with Crippen LogP contribution in [-0.4, -0.2) is 16.0 Å². The Hall–Kier alpha value is -0.550. The van der Waals surface area contributed by atoms with Crippen molar-refractivity contribution in [2.75, 3.05) is 0 Å². The van der Waals surface area contributed by atoms with Gasteiger partial charge in [0.15, 0.2) is 0 Å². The van der Waals surface area contributed by atoms with Gasteiger partial charge in [-0.2, -0.15) is 0 Å². The standard InChI is InChI=1S/C13H15Cl2N3S/c14-11-5-9(12(15)19-11)10-6-17-13(18-10)7-1-3-8(16)4-2-7/h5-8H,1-4,16H2,(H,17,18). The molecule has 1 aliphatic carbocycles. The molecular weight excluding hydrogens is 301 g/mol. The van der Waals surface area contributed by atoms with E-state index in [1.807, 2.05) is 12.3 Å². The van der Waals surface area contributed by atoms with E-state index in [1.54, 1.807) is 0 Å². The van der Waals surface area contributed by atoms with E-state index in [2.05, 4.69) is 9.97 Å². The van der Waals surface area contributed by atoms with Gasteiger partial charge in [0.2, 0.25) is 0 Å². The quantitative estimate of drug-likeness (QED) is 0.861. The second-order valence-electron chi connectivity index (χ2n) is 5.03. The van der Waals surface area contributed by atoms with Gasteiger partial charge in [0.05, 0.1) is 16.2 Å². The van der Waals surface area contributed by atoms with Gasteiger partial charge in [-0.25, -0.2) is 4.98 Å². The number of rotatable bonds is 2. The molecule has 2 aromatic heterocycles. The highest BCUT2D eigenvalue weighted by atomic mass is 35.5. The van der Waals surface area contributed by atoms with E-state index in [0.717, 1.165) is 42.8 Å². The first kappa shape index (κ1) is 13.4. The molecule has 0 aromatic carbocycles. The summed E-state index contributed by atoms with van der Waals surface area (Å²) >= 11 is 13.5. The lowest BCUT2D eigenvalue weighted by Crippen LogP contribution is -2.26. The van der Waals surface area contributed by atoms with Gasteiger partial charge in [-0.3, -0.25) is 0 Å². The van der Waals surface area contributed by atoms with E-state index in [9.17, 15) is 0 Å². The van der Waals surface area contributed by atoms with Gasteiger partial charge in [-0.1, -0.05) is 23.2 Å². The van der Waals surface area contributed by atoms with E-state index < -0.39 is 0 Å². The summed E-state index contributed by atoms with van der Waals surface area (Å²) in [6, 6.07) is 2.23. The molecule has 0 spiro atoms. The van der Waals surface area contributed by atoms with Crippen molar-refractivity contribution in [1.82, 2.24) is 9.97 Å². The van der Waals surface area contributed by atoms with Crippen LogP contribution in [0.25, 0.3) is 11.3 Å². The number of nitrogens with two attached hydrogens (primary N) is 1. The summed E-state index contributed by atoms with van der Waals surface area (Å²) in [6.07, 6.45) is 6.20. The lowest BCUT2D eigenvalue weighted by molar-refractivity contribution is 0.386. The zero-order valence-electron chi connectivity index (χ0n) is 10.3. The summed E-state index contributed by atoms with van der Waals surface area (Å²) in [5.41, 5.74) is 7.81. The predicted octanol–water partition coefficient (Wildman–Crippen LogP) is 4.43. The molecule has 102 valence electrons. The van der Waals surface area contributed by atoms with Gasteiger partial charge >= 0.3 is 0 Å². The van der Waals surface area contributed by atoms with Crippen LogP contribution in [0.3, 0.4) is 0 Å². The number of halogens is 2. The van der Waals surface area contributed by atoms with Gasteiger partial charge < -0.3 is 10.7 Å². The average molecular weight is 316 g/mol. The highest BCUT2D eigenvalue weighted by molar-refractivity contribution is 7.20. The Morgan fingerprint density at radius 3 is 2.63 bits per heavy atom. The van der Waals surface area contributed by atoms with Crippen LogP contribution in [0.5, 0.6) is 0 Å². The molecule has 1 fully saturated rings. The van der Waals surface area contributed by atoms with Crippen LogP contribution in [0.4, 0.5) is 0 Å². The third kappa shape index (κ3) is 2.82. The maximum Gasteiger partial charge on any atom is 0.109 e. The average Bonchev–Trinajstić information content (AvgIpc) is 2.97. The number of thiophene rings is 1. The SMILES string of the molecule is NC1CCC(c2ncc(-c3cc(Cl)sc3Cl)[nH]2)CC1. The minimum absolute atomic E-state index is 0.357. The lowest BCUT2D eigenvalue weighted by atomic mass is 9.86. The molecule has 0 saturated heterocycles. The Morgan fingerprint density at radius 2 is 2.00 bits per heavy atom. The van der Waals surface area contributed by atoms with E-state index in [-0.39, 0.29) is 0 Å². The Kier molecular flexibility index (Phi) is 3.85. The molecule has 3 rings (SSSR count). The fraction of sp³-hybridized carbons (Fsp3) is 0.462. The summed E-state index contributed by atoms with van der Waals surface area (Å²) in [6.45, 7) is 0. The molecule has 1 saturated carbocycles. The topological polar surface area (TPSA) is 54.7 Å². The van der Waals surface area contributed by atoms with Crippen LogP contribution in [0, 0.1) is 0 Å². The molecule has 6 heteroatoms. The highest BCUT2D eigenvalue weighted by Crippen LogP contribution is 2.38. The number of hydrogen-bond donors (Lipinski definition) is 2. The molecule has 2 aromatic rings. The van der Waals surface area contributed by atoms with E-state index in [4.69, 9.17) is 28.9 Å². The summed E-state index contributed by atoms with van der Waals surface area (Å²) in [5, 5.41) is 0. The molecule has 1 aliphatic rings. The Labute approximate surface area is 126 Å². The fourth-order valence-corrected chi connectivity index (χ4v) is 4.09. The first-order valence-corrected chi connectivity index (χ1v) is 7.96. The van der Waals surface area contributed by atoms with Gasteiger partial charge in [-0.05, 0) is 31.7 Å². The largest absolute Gasteiger partial charge is 0.342 e. The number of nitrogens with one attached hydrogen (secondary N) is 1. The predicted molar refractivity (Wildman–Crippen MR) is 81.1 cm³/mol. The summed E-state index contributed by atoms with van der Waals surface area (Å²) in [7, 11) is 0. The first-order chi connectivity index (χ1) is 9.13. The van der Waals surface area contributed by atoms with Crippen molar-refractivity contribution in [2.45, 2.75) is 37.6 Å². The number of hydrogen-bond acceptors (Lipinski definition) is 3. The number of H-pyrrole nitrogens is 1. The molecule has 19 heavy (non-hydrogen) atoms. The summed E-state index contributed by atoms with van der Waals surface area (Å²) in [5.74, 6) is 1.53. The van der Waals surface area contributed by atoms with Crippen molar-refractivity contribution in [3.63, 3.8) is 0 Å². The molecule has 0 amide bonds. The Balaban J connectivity index is 1.81. The van der Waals surface area contributed by atoms with Crippen LogP contribution < -0.4 is 5.73 Å². The molecular formula is C13H15Cl2N3S. The molecule has 2 heterocycles. The molecule has 3 N–H and O–H groups in total. The number of aromatic amines is 1. The smallest absolute Gasteiger partial charge is 0.109 e. The van der Waals surface area contributed by atoms with Crippen LogP contribution >= 0.6 is 34.5 Å². The number of aromatic nitrogens is 2. The molecule has 0 radical (unpaired) electrons. The maximum absolute atomic E-state index is 6.16. The minimum Gasteiger partial charge on any atom is -0.342 e. The maximum atomic E-state index is 6.16. The monoisotopic (exact) mass is 315 g/mol. The second kappa shape index (κ2) is 5.44. The van der Waals surface area contributed by atoms with E-state index in [1.165, 1.54) is 11.3 Å². The van der Waals surface area contributed by atoms with Crippen LogP contribution in [0.1, 0.15) is 37.4 Å². The third-order valence-corrected chi connectivity index (χ3v) is 5.19. The van der Waals surface area contributed by atoms with Crippen molar-refractivity contribution in [3.8, 4) is 11.3 Å². The van der Waals surface area contributed by atoms with E-state index in [0.29, 0.717) is 20.6 Å². The Morgan fingerprint density at radius 1 is 1.26 bits per heavy atom. The van der Waals surface area contributed by atoms with Crippen molar-refractivity contribution in [3.05, 3.63) is 26.8 Å². The number of imidazole rings is 1. The molecule has 0 aliphatic heterocycles. The van der Waals surface area contributed by atoms with Crippen LogP contribution in [0.2, 0.25) is 8.67 Å². The van der Waals surface area contributed by atoms with Crippen molar-refractivity contribution in [2.24, 2.45) is 5.73 Å². The molecule has 0 unspecified atom stereocenters. The van der Waals surface area contributed by atoms with Crippen LogP contribution in [0.15, 0.2) is 12.3 Å². The van der Waals surface area contributed by atoms with Gasteiger partial charge in [0.1, 0.15) is 10.2 Å². The minimum atomic E-state index is 0.357. The van der Waals surface area contributed by atoms with Gasteiger partial charge in [-0.15, -0.1) is 11.3 Å². The van der Waals surface area contributed by atoms with Crippen LogP contribution in [-0.2, 0) is 0 Å². The zero-order chi connectivity index (χ0) is 13.4. The third-order valence-electron chi connectivity index (χ3n) is 3.70. The molecule has 0 bridgehead atoms. The molecule has 0 atom stereocenters. The van der Waals surface area contributed by atoms with Gasteiger partial charge in [0.25, 0.3) is 0 Å². The zero-order valence-corrected chi connectivity index (χ0v) is 12.7. The van der Waals surface area contributed by atoms with Gasteiger partial charge in [0, 0.05) is 17.5 Å². The summed E-state index contributed by atoms with van der Waals surface area (Å²) in [4.78, 5) is 7.88. The van der Waals surface area contributed by atoms with E-state index >= 15 is 0 Å². The second-order valence-corrected chi connectivity index (χ2v) is 7.32. The van der Waals surface area contributed by atoms with Crippen molar-refractivity contribution >= 4 is 34.5 Å². The normalized spacial score (nSPS) is 23.7. The first-order valence-electron chi connectivity index (χ1n) is 6.39. The fourth-order valence-electron chi connectivity index (χ4n) is 2.60. The Bertz CT molecular complexity index is 570. The van der Waals surface area contributed by atoms with Crippen molar-refractivity contribution in [1.29, 1.82) is 0 Å². The lowest BCUT2D eigenvalue weighted by Gasteiger charge is -2.24. The number of nitrogens with zero attached hydrogens (tertiary/aromatic N) is 1. The highest BCUT2D eigenvalue weighted by Gasteiger charge is 2.22. The van der Waals surface area contributed by atoms with Crippen molar-refractivity contribution < 1.29 is 0 Å². The molecule has 3 nitrogen and oxygen atoms in total. The summed E-state index contributed by atoms with van der Waals surface area (Å²) < 4.78 is 1.39.